The van der Waals surface area contributed by atoms with Gasteiger partial charge in [0, 0.05) is 24.1 Å². The van der Waals surface area contributed by atoms with Crippen molar-refractivity contribution in [1.82, 2.24) is 5.32 Å². The second kappa shape index (κ2) is 5.87. The summed E-state index contributed by atoms with van der Waals surface area (Å²) in [5.41, 5.74) is 1.84. The Bertz CT molecular complexity index is 462. The van der Waals surface area contributed by atoms with E-state index < -0.39 is 0 Å². The molecule has 0 aliphatic heterocycles. The predicted octanol–water partition coefficient (Wildman–Crippen LogP) is 2.31. The first-order valence-electron chi connectivity index (χ1n) is 6.74. The van der Waals surface area contributed by atoms with E-state index in [2.05, 4.69) is 10.6 Å². The van der Waals surface area contributed by atoms with Gasteiger partial charge >= 0.3 is 0 Å². The monoisotopic (exact) mass is 260 g/mol. The van der Waals surface area contributed by atoms with E-state index in [1.165, 1.54) is 0 Å². The van der Waals surface area contributed by atoms with Crippen LogP contribution in [-0.2, 0) is 16.1 Å². The topological polar surface area (TPSA) is 58.2 Å². The molecule has 0 spiro atoms. The van der Waals surface area contributed by atoms with E-state index in [9.17, 15) is 9.59 Å². The average Bonchev–Trinajstić information content (AvgIpc) is 3.21. The van der Waals surface area contributed by atoms with Crippen molar-refractivity contribution in [2.75, 3.05) is 5.32 Å². The van der Waals surface area contributed by atoms with Gasteiger partial charge in [-0.1, -0.05) is 26.0 Å². The number of carbonyl (C=O) groups excluding carboxylic acids is 2. The summed E-state index contributed by atoms with van der Waals surface area (Å²) in [4.78, 5) is 23.0. The Hall–Kier alpha value is -1.84. The Morgan fingerprint density at radius 3 is 2.37 bits per heavy atom. The van der Waals surface area contributed by atoms with E-state index in [4.69, 9.17) is 0 Å². The summed E-state index contributed by atoms with van der Waals surface area (Å²) in [6, 6.07) is 7.58. The maximum absolute atomic E-state index is 11.6. The van der Waals surface area contributed by atoms with Crippen LogP contribution >= 0.6 is 0 Å². The molecule has 4 nitrogen and oxygen atoms in total. The number of hydrogen-bond acceptors (Lipinski definition) is 2. The number of carbonyl (C=O) groups is 2. The van der Waals surface area contributed by atoms with Crippen molar-refractivity contribution in [2.24, 2.45) is 11.8 Å². The number of amides is 2. The van der Waals surface area contributed by atoms with Crippen LogP contribution in [-0.4, -0.2) is 11.8 Å². The first kappa shape index (κ1) is 13.6. The molecule has 0 aromatic heterocycles. The molecular weight excluding hydrogens is 240 g/mol. The van der Waals surface area contributed by atoms with Crippen LogP contribution in [0.2, 0.25) is 0 Å². The molecular formula is C15H20N2O2. The summed E-state index contributed by atoms with van der Waals surface area (Å²) < 4.78 is 0. The fourth-order valence-corrected chi connectivity index (χ4v) is 1.69. The molecule has 1 aromatic rings. The Morgan fingerprint density at radius 2 is 1.84 bits per heavy atom. The molecule has 1 aromatic carbocycles. The van der Waals surface area contributed by atoms with Crippen molar-refractivity contribution in [3.63, 3.8) is 0 Å². The Balaban J connectivity index is 1.83. The Morgan fingerprint density at radius 1 is 1.21 bits per heavy atom. The number of benzene rings is 1. The average molecular weight is 260 g/mol. The van der Waals surface area contributed by atoms with Gasteiger partial charge in [-0.15, -0.1) is 0 Å². The zero-order chi connectivity index (χ0) is 13.8. The number of anilines is 1. The van der Waals surface area contributed by atoms with Crippen LogP contribution < -0.4 is 10.6 Å². The lowest BCUT2D eigenvalue weighted by atomic mass is 10.1. The smallest absolute Gasteiger partial charge is 0.227 e. The largest absolute Gasteiger partial charge is 0.352 e. The third kappa shape index (κ3) is 4.09. The zero-order valence-electron chi connectivity index (χ0n) is 11.4. The minimum absolute atomic E-state index is 0.00268. The van der Waals surface area contributed by atoms with Gasteiger partial charge in [0.2, 0.25) is 11.8 Å². The van der Waals surface area contributed by atoms with E-state index >= 15 is 0 Å². The third-order valence-electron chi connectivity index (χ3n) is 3.16. The lowest BCUT2D eigenvalue weighted by Gasteiger charge is -2.09. The molecule has 0 unspecified atom stereocenters. The zero-order valence-corrected chi connectivity index (χ0v) is 11.4. The molecule has 0 saturated heterocycles. The van der Waals surface area contributed by atoms with Crippen molar-refractivity contribution >= 4 is 17.5 Å². The summed E-state index contributed by atoms with van der Waals surface area (Å²) in [6.07, 6.45) is 2.01. The number of nitrogens with one attached hydrogen (secondary N) is 2. The molecule has 1 fully saturated rings. The van der Waals surface area contributed by atoms with E-state index in [0.717, 1.165) is 24.1 Å². The molecule has 2 amide bonds. The molecule has 0 radical (unpaired) electrons. The van der Waals surface area contributed by atoms with Crippen LogP contribution in [0.5, 0.6) is 0 Å². The first-order valence-corrected chi connectivity index (χ1v) is 6.74. The number of hydrogen-bond donors (Lipinski definition) is 2. The van der Waals surface area contributed by atoms with Crippen LogP contribution in [0, 0.1) is 11.8 Å². The highest BCUT2D eigenvalue weighted by Gasteiger charge is 2.29. The van der Waals surface area contributed by atoms with Gasteiger partial charge in [0.1, 0.15) is 0 Å². The van der Waals surface area contributed by atoms with Gasteiger partial charge in [-0.25, -0.2) is 0 Å². The molecule has 0 heterocycles. The summed E-state index contributed by atoms with van der Waals surface area (Å²) in [7, 11) is 0. The van der Waals surface area contributed by atoms with Crippen molar-refractivity contribution in [1.29, 1.82) is 0 Å². The van der Waals surface area contributed by atoms with Crippen molar-refractivity contribution in [3.05, 3.63) is 29.8 Å². The maximum Gasteiger partial charge on any atom is 0.227 e. The van der Waals surface area contributed by atoms with Gasteiger partial charge in [-0.3, -0.25) is 9.59 Å². The van der Waals surface area contributed by atoms with Crippen molar-refractivity contribution < 1.29 is 9.59 Å². The first-order chi connectivity index (χ1) is 9.06. The lowest BCUT2D eigenvalue weighted by Crippen LogP contribution is -2.27. The van der Waals surface area contributed by atoms with Gasteiger partial charge in [0.25, 0.3) is 0 Å². The molecule has 19 heavy (non-hydrogen) atoms. The van der Waals surface area contributed by atoms with Crippen molar-refractivity contribution in [3.8, 4) is 0 Å². The minimum Gasteiger partial charge on any atom is -0.352 e. The summed E-state index contributed by atoms with van der Waals surface area (Å²) in [5.74, 6) is 0.370. The molecule has 1 saturated carbocycles. The molecule has 2 rings (SSSR count). The quantitative estimate of drug-likeness (QED) is 0.853. The second-order valence-electron chi connectivity index (χ2n) is 5.33. The third-order valence-corrected chi connectivity index (χ3v) is 3.16. The SMILES string of the molecule is CC(C)C(=O)NCc1ccc(NC(=O)C2CC2)cc1. The summed E-state index contributed by atoms with van der Waals surface area (Å²) in [6.45, 7) is 4.26. The van der Waals surface area contributed by atoms with Crippen molar-refractivity contribution in [2.45, 2.75) is 33.2 Å². The standard InChI is InChI=1S/C15H20N2O2/c1-10(2)14(18)16-9-11-3-7-13(8-4-11)17-15(19)12-5-6-12/h3-4,7-8,10,12H,5-6,9H2,1-2H3,(H,16,18)(H,17,19). The molecule has 2 N–H and O–H groups in total. The van der Waals surface area contributed by atoms with Crippen LogP contribution in [0.4, 0.5) is 5.69 Å². The lowest BCUT2D eigenvalue weighted by molar-refractivity contribution is -0.124. The molecule has 0 atom stereocenters. The van der Waals surface area contributed by atoms with Gasteiger partial charge in [0.15, 0.2) is 0 Å². The molecule has 0 bridgehead atoms. The highest BCUT2D eigenvalue weighted by molar-refractivity contribution is 5.94. The van der Waals surface area contributed by atoms with E-state index in [1.807, 2.05) is 38.1 Å². The van der Waals surface area contributed by atoms with Gasteiger partial charge < -0.3 is 10.6 Å². The minimum atomic E-state index is -0.00268. The van der Waals surface area contributed by atoms with Gasteiger partial charge in [0.05, 0.1) is 0 Å². The molecule has 4 heteroatoms. The highest BCUT2D eigenvalue weighted by Crippen LogP contribution is 2.30. The fraction of sp³-hybridized carbons (Fsp3) is 0.467. The van der Waals surface area contributed by atoms with E-state index in [1.54, 1.807) is 0 Å². The highest BCUT2D eigenvalue weighted by atomic mass is 16.2. The molecule has 1 aliphatic carbocycles. The Labute approximate surface area is 113 Å². The fourth-order valence-electron chi connectivity index (χ4n) is 1.69. The summed E-state index contributed by atoms with van der Waals surface area (Å²) in [5, 5.41) is 5.75. The van der Waals surface area contributed by atoms with Crippen LogP contribution in [0.1, 0.15) is 32.3 Å². The number of rotatable bonds is 5. The summed E-state index contributed by atoms with van der Waals surface area (Å²) >= 11 is 0. The molecule has 102 valence electrons. The van der Waals surface area contributed by atoms with E-state index in [0.29, 0.717) is 6.54 Å². The van der Waals surface area contributed by atoms with E-state index in [-0.39, 0.29) is 23.7 Å². The molecule has 1 aliphatic rings. The predicted molar refractivity (Wildman–Crippen MR) is 74.5 cm³/mol. The van der Waals surface area contributed by atoms with Crippen LogP contribution in [0.15, 0.2) is 24.3 Å². The van der Waals surface area contributed by atoms with Crippen LogP contribution in [0.25, 0.3) is 0 Å². The maximum atomic E-state index is 11.6. The Kier molecular flexibility index (Phi) is 4.20. The van der Waals surface area contributed by atoms with Gasteiger partial charge in [-0.2, -0.15) is 0 Å². The van der Waals surface area contributed by atoms with Crippen LogP contribution in [0.3, 0.4) is 0 Å². The van der Waals surface area contributed by atoms with Gasteiger partial charge in [-0.05, 0) is 30.5 Å². The second-order valence-corrected chi connectivity index (χ2v) is 5.33. The normalized spacial score (nSPS) is 14.3.